The molecule has 0 aliphatic heterocycles. The zero-order valence-corrected chi connectivity index (χ0v) is 17.0. The first-order valence-corrected chi connectivity index (χ1v) is 9.46. The third-order valence-corrected chi connectivity index (χ3v) is 4.99. The maximum absolute atomic E-state index is 12.8. The molecule has 0 saturated carbocycles. The number of aromatic nitrogens is 1. The van der Waals surface area contributed by atoms with Gasteiger partial charge in [0, 0.05) is 5.69 Å². The molecule has 0 radical (unpaired) electrons. The normalized spacial score (nSPS) is 10.9. The Hall–Kier alpha value is -3.31. The minimum Gasteiger partial charge on any atom is -0.496 e. The van der Waals surface area contributed by atoms with Crippen LogP contribution in [-0.4, -0.2) is 18.0 Å². The highest BCUT2D eigenvalue weighted by atomic mass is 35.5. The van der Waals surface area contributed by atoms with E-state index in [9.17, 15) is 4.79 Å². The fraction of sp³-hybridized carbons (Fsp3) is 0.130. The highest BCUT2D eigenvalue weighted by Gasteiger charge is 2.17. The minimum atomic E-state index is -0.271. The largest absolute Gasteiger partial charge is 0.496 e. The molecule has 4 rings (SSSR count). The zero-order valence-electron chi connectivity index (χ0n) is 16.2. The molecule has 146 valence electrons. The Balaban J connectivity index is 1.68. The SMILES string of the molecule is COc1c(C)cccc1C(=O)Nc1ccc(Cl)c(-c2nc3ccc(C)cc3o2)c1. The highest BCUT2D eigenvalue weighted by molar-refractivity contribution is 6.33. The van der Waals surface area contributed by atoms with Gasteiger partial charge in [0.15, 0.2) is 5.58 Å². The molecule has 0 bridgehead atoms. The summed E-state index contributed by atoms with van der Waals surface area (Å²) >= 11 is 6.38. The van der Waals surface area contributed by atoms with Crippen molar-refractivity contribution in [2.75, 3.05) is 12.4 Å². The molecule has 6 heteroatoms. The van der Waals surface area contributed by atoms with E-state index in [4.69, 9.17) is 20.8 Å². The standard InChI is InChI=1S/C23H19ClN2O3/c1-13-7-10-19-20(11-13)29-23(26-19)17-12-15(8-9-18(17)24)25-22(27)16-6-4-5-14(2)21(16)28-3/h4-12H,1-3H3,(H,25,27). The second-order valence-electron chi connectivity index (χ2n) is 6.79. The van der Waals surface area contributed by atoms with Gasteiger partial charge in [0.2, 0.25) is 5.89 Å². The van der Waals surface area contributed by atoms with Crippen molar-refractivity contribution in [2.45, 2.75) is 13.8 Å². The molecule has 0 unspecified atom stereocenters. The Labute approximate surface area is 173 Å². The number of methoxy groups -OCH3 is 1. The number of hydrogen-bond acceptors (Lipinski definition) is 4. The van der Waals surface area contributed by atoms with Crippen molar-refractivity contribution in [3.05, 3.63) is 76.3 Å². The number of carbonyl (C=O) groups is 1. The van der Waals surface area contributed by atoms with Gasteiger partial charge in [-0.05, 0) is 61.4 Å². The number of aryl methyl sites for hydroxylation is 2. The minimum absolute atomic E-state index is 0.271. The first kappa shape index (κ1) is 19.0. The zero-order chi connectivity index (χ0) is 20.5. The summed E-state index contributed by atoms with van der Waals surface area (Å²) in [6.45, 7) is 3.88. The number of nitrogens with zero attached hydrogens (tertiary/aromatic N) is 1. The van der Waals surface area contributed by atoms with E-state index in [1.807, 2.05) is 44.2 Å². The molecule has 1 N–H and O–H groups in total. The fourth-order valence-electron chi connectivity index (χ4n) is 3.21. The van der Waals surface area contributed by atoms with Crippen molar-refractivity contribution in [3.8, 4) is 17.2 Å². The molecule has 0 aliphatic carbocycles. The molecule has 0 aliphatic rings. The van der Waals surface area contributed by atoms with Gasteiger partial charge in [-0.1, -0.05) is 29.8 Å². The molecular weight excluding hydrogens is 388 g/mol. The summed E-state index contributed by atoms with van der Waals surface area (Å²) in [4.78, 5) is 17.3. The van der Waals surface area contributed by atoms with Crippen molar-refractivity contribution in [2.24, 2.45) is 0 Å². The number of amides is 1. The Kier molecular flexibility index (Phi) is 4.99. The van der Waals surface area contributed by atoms with E-state index in [1.54, 1.807) is 31.4 Å². The molecule has 3 aromatic carbocycles. The van der Waals surface area contributed by atoms with Gasteiger partial charge in [-0.25, -0.2) is 4.98 Å². The van der Waals surface area contributed by atoms with Gasteiger partial charge in [-0.2, -0.15) is 0 Å². The van der Waals surface area contributed by atoms with Gasteiger partial charge in [-0.3, -0.25) is 4.79 Å². The van der Waals surface area contributed by atoms with Crippen molar-refractivity contribution >= 4 is 34.3 Å². The number of hydrogen-bond donors (Lipinski definition) is 1. The Morgan fingerprint density at radius 2 is 1.93 bits per heavy atom. The molecule has 1 amide bonds. The molecule has 1 aromatic heterocycles. The van der Waals surface area contributed by atoms with E-state index in [1.165, 1.54) is 0 Å². The summed E-state index contributed by atoms with van der Waals surface area (Å²) in [7, 11) is 1.55. The van der Waals surface area contributed by atoms with Crippen molar-refractivity contribution in [1.29, 1.82) is 0 Å². The number of ether oxygens (including phenoxy) is 1. The monoisotopic (exact) mass is 406 g/mol. The average molecular weight is 407 g/mol. The number of oxazole rings is 1. The van der Waals surface area contributed by atoms with Crippen LogP contribution in [0, 0.1) is 13.8 Å². The fourth-order valence-corrected chi connectivity index (χ4v) is 3.41. The van der Waals surface area contributed by atoms with Crippen LogP contribution in [0.2, 0.25) is 5.02 Å². The number of rotatable bonds is 4. The van der Waals surface area contributed by atoms with E-state index in [2.05, 4.69) is 10.3 Å². The highest BCUT2D eigenvalue weighted by Crippen LogP contribution is 2.33. The lowest BCUT2D eigenvalue weighted by molar-refractivity contribution is 0.102. The van der Waals surface area contributed by atoms with E-state index >= 15 is 0 Å². The van der Waals surface area contributed by atoms with Crippen LogP contribution in [0.5, 0.6) is 5.75 Å². The molecule has 1 heterocycles. The van der Waals surface area contributed by atoms with Crippen LogP contribution in [0.1, 0.15) is 21.5 Å². The maximum Gasteiger partial charge on any atom is 0.259 e. The number of fused-ring (bicyclic) bond motifs is 1. The van der Waals surface area contributed by atoms with Crippen LogP contribution in [0.3, 0.4) is 0 Å². The van der Waals surface area contributed by atoms with Gasteiger partial charge >= 0.3 is 0 Å². The van der Waals surface area contributed by atoms with Gasteiger partial charge < -0.3 is 14.5 Å². The summed E-state index contributed by atoms with van der Waals surface area (Å²) in [6.07, 6.45) is 0. The lowest BCUT2D eigenvalue weighted by Crippen LogP contribution is -2.13. The predicted molar refractivity (Wildman–Crippen MR) is 115 cm³/mol. The molecule has 0 fully saturated rings. The van der Waals surface area contributed by atoms with Gasteiger partial charge in [0.05, 0.1) is 23.3 Å². The van der Waals surface area contributed by atoms with Crippen LogP contribution in [-0.2, 0) is 0 Å². The van der Waals surface area contributed by atoms with Crippen LogP contribution in [0.25, 0.3) is 22.6 Å². The van der Waals surface area contributed by atoms with Crippen LogP contribution >= 0.6 is 11.6 Å². The lowest BCUT2D eigenvalue weighted by atomic mass is 10.1. The summed E-state index contributed by atoms with van der Waals surface area (Å²) in [5.41, 5.74) is 5.06. The second-order valence-corrected chi connectivity index (χ2v) is 7.20. The predicted octanol–water partition coefficient (Wildman–Crippen LogP) is 6.03. The quantitative estimate of drug-likeness (QED) is 0.449. The van der Waals surface area contributed by atoms with Crippen LogP contribution in [0.4, 0.5) is 5.69 Å². The summed E-state index contributed by atoms with van der Waals surface area (Å²) in [5.74, 6) is 0.681. The topological polar surface area (TPSA) is 64.4 Å². The van der Waals surface area contributed by atoms with E-state index < -0.39 is 0 Å². The van der Waals surface area contributed by atoms with E-state index in [0.717, 1.165) is 16.6 Å². The Morgan fingerprint density at radius 1 is 1.10 bits per heavy atom. The molecule has 0 spiro atoms. The summed E-state index contributed by atoms with van der Waals surface area (Å²) in [6, 6.07) is 16.4. The smallest absolute Gasteiger partial charge is 0.259 e. The van der Waals surface area contributed by atoms with Gasteiger partial charge in [0.1, 0.15) is 11.3 Å². The number of nitrogens with one attached hydrogen (secondary N) is 1. The molecule has 4 aromatic rings. The van der Waals surface area contributed by atoms with Crippen molar-refractivity contribution in [1.82, 2.24) is 4.98 Å². The van der Waals surface area contributed by atoms with Crippen molar-refractivity contribution in [3.63, 3.8) is 0 Å². The molecular formula is C23H19ClN2O3. The number of halogens is 1. The molecule has 5 nitrogen and oxygen atoms in total. The van der Waals surface area contributed by atoms with Crippen LogP contribution in [0.15, 0.2) is 59.0 Å². The second kappa shape index (κ2) is 7.60. The maximum atomic E-state index is 12.8. The number of para-hydroxylation sites is 1. The lowest BCUT2D eigenvalue weighted by Gasteiger charge is -2.12. The first-order chi connectivity index (χ1) is 14.0. The van der Waals surface area contributed by atoms with Gasteiger partial charge in [-0.15, -0.1) is 0 Å². The number of benzene rings is 3. The summed E-state index contributed by atoms with van der Waals surface area (Å²) in [5, 5.41) is 3.38. The number of carbonyl (C=O) groups excluding carboxylic acids is 1. The third-order valence-electron chi connectivity index (χ3n) is 4.66. The van der Waals surface area contributed by atoms with Gasteiger partial charge in [0.25, 0.3) is 5.91 Å². The summed E-state index contributed by atoms with van der Waals surface area (Å²) < 4.78 is 11.3. The number of anilines is 1. The average Bonchev–Trinajstić information content (AvgIpc) is 3.12. The van der Waals surface area contributed by atoms with E-state index in [0.29, 0.717) is 39.1 Å². The first-order valence-electron chi connectivity index (χ1n) is 9.08. The Morgan fingerprint density at radius 3 is 2.72 bits per heavy atom. The Bertz CT molecular complexity index is 1230. The molecule has 0 saturated heterocycles. The molecule has 0 atom stereocenters. The third kappa shape index (κ3) is 3.69. The van der Waals surface area contributed by atoms with Crippen LogP contribution < -0.4 is 10.1 Å². The van der Waals surface area contributed by atoms with Crippen molar-refractivity contribution < 1.29 is 13.9 Å². The van der Waals surface area contributed by atoms with E-state index in [-0.39, 0.29) is 5.91 Å². The molecule has 29 heavy (non-hydrogen) atoms.